The topological polar surface area (TPSA) is 88.2 Å². The van der Waals surface area contributed by atoms with Gasteiger partial charge in [-0.1, -0.05) is 42.5 Å². The zero-order valence-electron chi connectivity index (χ0n) is 23.3. The van der Waals surface area contributed by atoms with Crippen molar-refractivity contribution in [2.45, 2.75) is 0 Å². The molecule has 0 N–H and O–H groups in total. The van der Waals surface area contributed by atoms with Crippen molar-refractivity contribution in [3.05, 3.63) is 109 Å². The molecule has 206 valence electrons. The molecule has 0 aliphatic rings. The van der Waals surface area contributed by atoms with Gasteiger partial charge in [-0.05, 0) is 76.9 Å². The van der Waals surface area contributed by atoms with Crippen molar-refractivity contribution in [3.63, 3.8) is 0 Å². The molecule has 0 bridgehead atoms. The first-order valence-corrected chi connectivity index (χ1v) is 14.9. The number of nitriles is 1. The van der Waals surface area contributed by atoms with Gasteiger partial charge in [-0.25, -0.2) is 9.97 Å². The van der Waals surface area contributed by atoms with E-state index in [-0.39, 0.29) is 5.82 Å². The summed E-state index contributed by atoms with van der Waals surface area (Å²) in [6, 6.07) is 35.7. The van der Waals surface area contributed by atoms with E-state index in [4.69, 9.17) is 8.83 Å². The second-order valence-corrected chi connectivity index (χ2v) is 11.8. The molecule has 5 aromatic carbocycles. The number of rotatable bonds is 3. The number of para-hydroxylation sites is 1. The first-order valence-electron chi connectivity index (χ1n) is 14.1. The van der Waals surface area contributed by atoms with E-state index in [1.165, 1.54) is 0 Å². The van der Waals surface area contributed by atoms with E-state index in [1.807, 2.05) is 18.2 Å². The van der Waals surface area contributed by atoms with Crippen LogP contribution in [-0.2, 0) is 0 Å². The second kappa shape index (κ2) is 9.33. The highest BCUT2D eigenvalue weighted by molar-refractivity contribution is 7.25. The van der Waals surface area contributed by atoms with Crippen LogP contribution in [0.15, 0.2) is 111 Å². The minimum atomic E-state index is 0.146. The third kappa shape index (κ3) is 3.68. The highest BCUT2D eigenvalue weighted by Gasteiger charge is 2.16. The van der Waals surface area contributed by atoms with Crippen molar-refractivity contribution in [1.82, 2.24) is 9.97 Å². The third-order valence-electron chi connectivity index (χ3n) is 8.23. The summed E-state index contributed by atoms with van der Waals surface area (Å²) >= 11 is 1.55. The molecule has 7 heteroatoms. The standard InChI is InChI=1S/C37H20N4O2S/c1-39-19-29-36-28-16-22(9-13-34(28)44-37(36)41-35(18-38)40-29)23-6-10-25-27-15-21(8-12-32(27)43-33(25)17-23)20-7-11-31-26(14-20)24-4-2-3-5-30(24)42-31/h2-17,19H,1H3/b39-19-. The monoisotopic (exact) mass is 584 g/mol. The first kappa shape index (κ1) is 24.7. The molecular formula is C37H20N4O2S. The van der Waals surface area contributed by atoms with E-state index in [0.717, 1.165) is 86.4 Å². The quantitative estimate of drug-likeness (QED) is 0.193. The predicted molar refractivity (Wildman–Crippen MR) is 179 cm³/mol. The molecule has 6 nitrogen and oxygen atoms in total. The van der Waals surface area contributed by atoms with Crippen molar-refractivity contribution in [2.24, 2.45) is 4.99 Å². The van der Waals surface area contributed by atoms with Gasteiger partial charge in [0.1, 0.15) is 33.2 Å². The Kier molecular flexibility index (Phi) is 5.24. The summed E-state index contributed by atoms with van der Waals surface area (Å²) in [5.41, 5.74) is 8.49. The first-order chi connectivity index (χ1) is 21.7. The van der Waals surface area contributed by atoms with E-state index in [1.54, 1.807) is 24.6 Å². The van der Waals surface area contributed by atoms with Crippen LogP contribution < -0.4 is 0 Å². The zero-order valence-corrected chi connectivity index (χ0v) is 24.1. The van der Waals surface area contributed by atoms with Gasteiger partial charge in [-0.2, -0.15) is 5.26 Å². The Morgan fingerprint density at radius 3 is 2.02 bits per heavy atom. The van der Waals surface area contributed by atoms with E-state index >= 15 is 0 Å². The summed E-state index contributed by atoms with van der Waals surface area (Å²) in [6.45, 7) is 0. The van der Waals surface area contributed by atoms with Crippen LogP contribution >= 0.6 is 11.3 Å². The van der Waals surface area contributed by atoms with Gasteiger partial charge < -0.3 is 8.83 Å². The van der Waals surface area contributed by atoms with E-state index in [0.29, 0.717) is 5.69 Å². The van der Waals surface area contributed by atoms with Crippen LogP contribution in [0, 0.1) is 11.3 Å². The fraction of sp³-hybridized carbons (Fsp3) is 0.0270. The van der Waals surface area contributed by atoms with E-state index in [2.05, 4.69) is 99.9 Å². The lowest BCUT2D eigenvalue weighted by molar-refractivity contribution is 0.668. The molecule has 4 aromatic heterocycles. The van der Waals surface area contributed by atoms with Gasteiger partial charge in [0.15, 0.2) is 0 Å². The lowest BCUT2D eigenvalue weighted by Crippen LogP contribution is -1.95. The number of furan rings is 2. The minimum Gasteiger partial charge on any atom is -0.456 e. The molecule has 4 heterocycles. The fourth-order valence-corrected chi connectivity index (χ4v) is 7.25. The predicted octanol–water partition coefficient (Wildman–Crippen LogP) is 9.90. The Hall–Kier alpha value is -5.84. The molecule has 44 heavy (non-hydrogen) atoms. The summed E-state index contributed by atoms with van der Waals surface area (Å²) < 4.78 is 13.5. The molecule has 0 amide bonds. The minimum absolute atomic E-state index is 0.146. The number of fused-ring (bicyclic) bond motifs is 9. The number of benzene rings is 5. The number of hydrogen-bond donors (Lipinski definition) is 0. The van der Waals surface area contributed by atoms with Gasteiger partial charge in [-0.15, -0.1) is 11.3 Å². The average Bonchev–Trinajstić information content (AvgIpc) is 3.74. The highest BCUT2D eigenvalue weighted by atomic mass is 32.1. The molecule has 0 aliphatic carbocycles. The van der Waals surface area contributed by atoms with Crippen LogP contribution in [0.4, 0.5) is 0 Å². The number of thiophene rings is 1. The van der Waals surface area contributed by atoms with Gasteiger partial charge in [0, 0.05) is 50.3 Å². The van der Waals surface area contributed by atoms with E-state index < -0.39 is 0 Å². The Balaban J connectivity index is 1.15. The van der Waals surface area contributed by atoms with Crippen LogP contribution in [0.2, 0.25) is 0 Å². The Morgan fingerprint density at radius 1 is 0.659 bits per heavy atom. The Bertz CT molecular complexity index is 2710. The molecule has 0 atom stereocenters. The second-order valence-electron chi connectivity index (χ2n) is 10.8. The lowest BCUT2D eigenvalue weighted by atomic mass is 9.99. The summed E-state index contributed by atoms with van der Waals surface area (Å²) in [5, 5.41) is 15.7. The molecule has 0 aliphatic heterocycles. The molecule has 0 saturated carbocycles. The van der Waals surface area contributed by atoms with E-state index in [9.17, 15) is 5.26 Å². The molecule has 0 unspecified atom stereocenters. The van der Waals surface area contributed by atoms with Crippen molar-refractivity contribution in [1.29, 1.82) is 5.26 Å². The third-order valence-corrected chi connectivity index (χ3v) is 9.29. The largest absolute Gasteiger partial charge is 0.456 e. The molecule has 9 aromatic rings. The maximum absolute atomic E-state index is 9.41. The number of aliphatic imine (C=N–C) groups is 1. The maximum Gasteiger partial charge on any atom is 0.234 e. The van der Waals surface area contributed by atoms with Gasteiger partial charge in [-0.3, -0.25) is 4.99 Å². The molecule has 0 fully saturated rings. The summed E-state index contributed by atoms with van der Waals surface area (Å²) in [4.78, 5) is 13.8. The van der Waals surface area contributed by atoms with Gasteiger partial charge in [0.2, 0.25) is 5.82 Å². The van der Waals surface area contributed by atoms with Crippen LogP contribution in [0.25, 0.3) is 86.4 Å². The van der Waals surface area contributed by atoms with Crippen molar-refractivity contribution >= 4 is 81.7 Å². The Morgan fingerprint density at radius 2 is 1.27 bits per heavy atom. The number of aromatic nitrogens is 2. The molecule has 0 spiro atoms. The summed E-state index contributed by atoms with van der Waals surface area (Å²) in [6.07, 6.45) is 1.69. The smallest absolute Gasteiger partial charge is 0.234 e. The molecule has 0 radical (unpaired) electrons. The zero-order chi connectivity index (χ0) is 29.4. The van der Waals surface area contributed by atoms with Crippen LogP contribution in [0.3, 0.4) is 0 Å². The number of hydrogen-bond acceptors (Lipinski definition) is 7. The summed E-state index contributed by atoms with van der Waals surface area (Å²) in [7, 11) is 1.70. The lowest BCUT2D eigenvalue weighted by Gasteiger charge is -2.04. The summed E-state index contributed by atoms with van der Waals surface area (Å²) in [5.74, 6) is 0.146. The molecular weight excluding hydrogens is 565 g/mol. The highest BCUT2D eigenvalue weighted by Crippen LogP contribution is 2.39. The van der Waals surface area contributed by atoms with Gasteiger partial charge >= 0.3 is 0 Å². The maximum atomic E-state index is 9.41. The molecule has 0 saturated heterocycles. The average molecular weight is 585 g/mol. The normalized spacial score (nSPS) is 12.1. The van der Waals surface area contributed by atoms with Crippen LogP contribution in [-0.4, -0.2) is 23.2 Å². The van der Waals surface area contributed by atoms with Crippen molar-refractivity contribution in [2.75, 3.05) is 7.05 Å². The Labute approximate surface area is 254 Å². The number of nitrogens with zero attached hydrogens (tertiary/aromatic N) is 4. The van der Waals surface area contributed by atoms with Gasteiger partial charge in [0.05, 0.1) is 5.69 Å². The van der Waals surface area contributed by atoms with Crippen LogP contribution in [0.1, 0.15) is 11.5 Å². The van der Waals surface area contributed by atoms with Crippen molar-refractivity contribution < 1.29 is 8.83 Å². The van der Waals surface area contributed by atoms with Crippen LogP contribution in [0.5, 0.6) is 0 Å². The van der Waals surface area contributed by atoms with Crippen molar-refractivity contribution in [3.8, 4) is 28.3 Å². The fourth-order valence-electron chi connectivity index (χ4n) is 6.19. The SMILES string of the molecule is C/N=C\c1nc(C#N)nc2sc3ccc(-c4ccc5c(c4)oc4ccc(-c6ccc7oc8ccccc8c7c6)cc45)cc3c12. The van der Waals surface area contributed by atoms with Gasteiger partial charge in [0.25, 0.3) is 0 Å². The molecule has 9 rings (SSSR count).